The van der Waals surface area contributed by atoms with E-state index in [9.17, 15) is 9.59 Å². The van der Waals surface area contributed by atoms with Gasteiger partial charge in [-0.2, -0.15) is 0 Å². The van der Waals surface area contributed by atoms with Crippen LogP contribution in [-0.2, 0) is 28.5 Å². The highest BCUT2D eigenvalue weighted by molar-refractivity contribution is 5.92. The lowest BCUT2D eigenvalue weighted by molar-refractivity contribution is -0.242. The zero-order chi connectivity index (χ0) is 20.7. The lowest BCUT2D eigenvalue weighted by Crippen LogP contribution is -2.65. The summed E-state index contributed by atoms with van der Waals surface area (Å²) in [4.78, 5) is 25.9. The predicted molar refractivity (Wildman–Crippen MR) is 101 cm³/mol. The molecule has 0 amide bonds. The fourth-order valence-corrected chi connectivity index (χ4v) is 2.41. The minimum absolute atomic E-state index is 0.160. The molecule has 0 aliphatic carbocycles. The lowest BCUT2D eigenvalue weighted by Gasteiger charge is -2.43. The van der Waals surface area contributed by atoms with Crippen LogP contribution in [0.5, 0.6) is 0 Å². The topological polar surface area (TPSA) is 71.1 Å². The molecule has 0 aromatic rings. The minimum atomic E-state index is -1.64. The van der Waals surface area contributed by atoms with Crippen LogP contribution in [0.4, 0.5) is 0 Å². The van der Waals surface area contributed by atoms with Crippen molar-refractivity contribution in [1.82, 2.24) is 0 Å². The van der Waals surface area contributed by atoms with Gasteiger partial charge >= 0.3 is 11.9 Å². The van der Waals surface area contributed by atoms with Gasteiger partial charge in [0.1, 0.15) is 0 Å². The predicted octanol–water partition coefficient (Wildman–Crippen LogP) is 3.75. The van der Waals surface area contributed by atoms with Crippen molar-refractivity contribution in [3.8, 4) is 0 Å². The average Bonchev–Trinajstić information content (AvgIpc) is 2.48. The Morgan fingerprint density at radius 2 is 0.923 bits per heavy atom. The molecule has 0 aliphatic rings. The highest BCUT2D eigenvalue weighted by Gasteiger charge is 2.60. The SMILES string of the molecule is CC(C)COC(=O)C(C)(OC(C)C)C(C)(OC(C)C)C(=O)OCC(C)C. The van der Waals surface area contributed by atoms with Crippen molar-refractivity contribution in [1.29, 1.82) is 0 Å². The Hall–Kier alpha value is -1.14. The first-order chi connectivity index (χ1) is 11.8. The highest BCUT2D eigenvalue weighted by atomic mass is 16.6. The van der Waals surface area contributed by atoms with Crippen LogP contribution in [0.15, 0.2) is 0 Å². The first-order valence-corrected chi connectivity index (χ1v) is 9.46. The number of rotatable bonds is 11. The molecule has 6 nitrogen and oxygen atoms in total. The second kappa shape index (κ2) is 10.3. The van der Waals surface area contributed by atoms with Gasteiger partial charge in [0.25, 0.3) is 0 Å². The molecule has 2 unspecified atom stereocenters. The van der Waals surface area contributed by atoms with Crippen molar-refractivity contribution in [3.63, 3.8) is 0 Å². The number of hydrogen-bond donors (Lipinski definition) is 0. The van der Waals surface area contributed by atoms with Gasteiger partial charge in [-0.15, -0.1) is 0 Å². The van der Waals surface area contributed by atoms with Crippen molar-refractivity contribution in [2.24, 2.45) is 11.8 Å². The molecule has 0 bridgehead atoms. The molecule has 0 fully saturated rings. The van der Waals surface area contributed by atoms with E-state index in [1.165, 1.54) is 13.8 Å². The summed E-state index contributed by atoms with van der Waals surface area (Å²) < 4.78 is 22.7. The zero-order valence-electron chi connectivity index (χ0n) is 18.2. The molecule has 26 heavy (non-hydrogen) atoms. The summed E-state index contributed by atoms with van der Waals surface area (Å²) in [5, 5.41) is 0. The van der Waals surface area contributed by atoms with Gasteiger partial charge < -0.3 is 18.9 Å². The van der Waals surface area contributed by atoms with E-state index in [0.717, 1.165) is 0 Å². The van der Waals surface area contributed by atoms with Crippen LogP contribution in [0.2, 0.25) is 0 Å². The van der Waals surface area contributed by atoms with E-state index in [2.05, 4.69) is 0 Å². The third-order valence-electron chi connectivity index (χ3n) is 3.73. The monoisotopic (exact) mass is 374 g/mol. The van der Waals surface area contributed by atoms with Gasteiger partial charge in [-0.3, -0.25) is 0 Å². The fraction of sp³-hybridized carbons (Fsp3) is 0.900. The molecular weight excluding hydrogens is 336 g/mol. The third-order valence-corrected chi connectivity index (χ3v) is 3.73. The standard InChI is InChI=1S/C20H38O6/c1-13(2)11-23-17(21)19(9,25-15(5)6)20(10,26-16(7)8)18(22)24-12-14(3)4/h13-16H,11-12H2,1-10H3. The molecule has 0 heterocycles. The van der Waals surface area contributed by atoms with E-state index in [0.29, 0.717) is 0 Å². The quantitative estimate of drug-likeness (QED) is 0.513. The lowest BCUT2D eigenvalue weighted by atomic mass is 9.84. The van der Waals surface area contributed by atoms with Crippen LogP contribution in [0.1, 0.15) is 69.2 Å². The van der Waals surface area contributed by atoms with E-state index in [1.54, 1.807) is 27.7 Å². The van der Waals surface area contributed by atoms with Crippen molar-refractivity contribution < 1.29 is 28.5 Å². The van der Waals surface area contributed by atoms with Gasteiger partial charge in [-0.25, -0.2) is 9.59 Å². The Morgan fingerprint density at radius 3 is 1.12 bits per heavy atom. The van der Waals surface area contributed by atoms with Crippen molar-refractivity contribution >= 4 is 11.9 Å². The maximum Gasteiger partial charge on any atom is 0.341 e. The van der Waals surface area contributed by atoms with Crippen LogP contribution in [0.3, 0.4) is 0 Å². The zero-order valence-corrected chi connectivity index (χ0v) is 18.2. The van der Waals surface area contributed by atoms with E-state index in [1.807, 2.05) is 27.7 Å². The van der Waals surface area contributed by atoms with E-state index < -0.39 is 23.1 Å². The maximum atomic E-state index is 12.9. The normalized spacial score (nSPS) is 16.7. The van der Waals surface area contributed by atoms with E-state index in [-0.39, 0.29) is 37.3 Å². The maximum absolute atomic E-state index is 12.9. The summed E-state index contributed by atoms with van der Waals surface area (Å²) in [6.07, 6.45) is -0.640. The average molecular weight is 375 g/mol. The molecule has 0 radical (unpaired) electrons. The first kappa shape index (κ1) is 24.9. The molecule has 154 valence electrons. The second-order valence-electron chi connectivity index (χ2n) is 8.38. The van der Waals surface area contributed by atoms with Crippen molar-refractivity contribution in [3.05, 3.63) is 0 Å². The van der Waals surface area contributed by atoms with E-state index >= 15 is 0 Å². The molecule has 0 aromatic heterocycles. The van der Waals surface area contributed by atoms with Crippen molar-refractivity contribution in [2.75, 3.05) is 13.2 Å². The second-order valence-corrected chi connectivity index (χ2v) is 8.38. The smallest absolute Gasteiger partial charge is 0.341 e. The van der Waals surface area contributed by atoms with Gasteiger partial charge in [-0.1, -0.05) is 27.7 Å². The largest absolute Gasteiger partial charge is 0.463 e. The first-order valence-electron chi connectivity index (χ1n) is 9.46. The Morgan fingerprint density at radius 1 is 0.654 bits per heavy atom. The molecule has 0 saturated heterocycles. The highest BCUT2D eigenvalue weighted by Crippen LogP contribution is 2.35. The molecule has 0 saturated carbocycles. The van der Waals surface area contributed by atoms with Gasteiger partial charge in [0, 0.05) is 0 Å². The number of carbonyl (C=O) groups excluding carboxylic acids is 2. The molecule has 2 atom stereocenters. The van der Waals surface area contributed by atoms with Gasteiger partial charge in [0.2, 0.25) is 11.2 Å². The molecule has 0 N–H and O–H groups in total. The van der Waals surface area contributed by atoms with Crippen LogP contribution >= 0.6 is 0 Å². The van der Waals surface area contributed by atoms with Gasteiger partial charge in [0.15, 0.2) is 0 Å². The molecule has 6 heteroatoms. The Kier molecular flexibility index (Phi) is 9.81. The number of carbonyl (C=O) groups is 2. The van der Waals surface area contributed by atoms with E-state index in [4.69, 9.17) is 18.9 Å². The van der Waals surface area contributed by atoms with Crippen molar-refractivity contribution in [2.45, 2.75) is 92.6 Å². The van der Waals surface area contributed by atoms with Crippen LogP contribution in [-0.4, -0.2) is 48.6 Å². The summed E-state index contributed by atoms with van der Waals surface area (Å²) in [7, 11) is 0. The number of esters is 2. The number of ether oxygens (including phenoxy) is 4. The molecule has 0 aliphatic heterocycles. The molecule has 0 aromatic carbocycles. The Bertz CT molecular complexity index is 415. The fourth-order valence-electron chi connectivity index (χ4n) is 2.41. The minimum Gasteiger partial charge on any atom is -0.463 e. The van der Waals surface area contributed by atoms with Crippen LogP contribution < -0.4 is 0 Å². The van der Waals surface area contributed by atoms with Gasteiger partial charge in [-0.05, 0) is 53.4 Å². The molecule has 0 rings (SSSR count). The van der Waals surface area contributed by atoms with Gasteiger partial charge in [0.05, 0.1) is 25.4 Å². The molecular formula is C20H38O6. The number of hydrogen-bond acceptors (Lipinski definition) is 6. The summed E-state index contributed by atoms with van der Waals surface area (Å²) in [6.45, 7) is 18.5. The summed E-state index contributed by atoms with van der Waals surface area (Å²) in [6, 6.07) is 0. The summed E-state index contributed by atoms with van der Waals surface area (Å²) >= 11 is 0. The third kappa shape index (κ3) is 6.88. The Balaban J connectivity index is 5.92. The van der Waals surface area contributed by atoms with Crippen LogP contribution in [0, 0.1) is 11.8 Å². The summed E-state index contributed by atoms with van der Waals surface area (Å²) in [5.74, 6) is -0.950. The van der Waals surface area contributed by atoms with Crippen LogP contribution in [0.25, 0.3) is 0 Å². The summed E-state index contributed by atoms with van der Waals surface area (Å²) in [5.41, 5.74) is -3.29. The molecule has 0 spiro atoms. The Labute approximate surface area is 158 Å².